The topological polar surface area (TPSA) is 239 Å². The normalized spacial score (nSPS) is 22.8. The van der Waals surface area contributed by atoms with Gasteiger partial charge in [-0.2, -0.15) is 0 Å². The van der Waals surface area contributed by atoms with Gasteiger partial charge < -0.3 is 52.3 Å². The van der Waals surface area contributed by atoms with Crippen LogP contribution in [-0.2, 0) is 41.6 Å². The number of nitrogens with one attached hydrogen (secondary N) is 8. The fraction of sp³-hybridized carbons (Fsp3) is 0.536. The monoisotopic (exact) mass is 1020 g/mol. The third-order valence-corrected chi connectivity index (χ3v) is 15.2. The van der Waals surface area contributed by atoms with Crippen molar-refractivity contribution in [2.24, 2.45) is 10.8 Å². The molecule has 2 aliphatic heterocycles. The van der Waals surface area contributed by atoms with Crippen LogP contribution in [-0.4, -0.2) is 133 Å². The molecule has 0 bridgehead atoms. The number of fused-ring (bicyclic) bond motifs is 2. The van der Waals surface area contributed by atoms with E-state index in [4.69, 9.17) is 0 Å². The van der Waals surface area contributed by atoms with Crippen molar-refractivity contribution in [3.63, 3.8) is 0 Å². The molecule has 398 valence electrons. The van der Waals surface area contributed by atoms with E-state index in [1.165, 1.54) is 0 Å². The van der Waals surface area contributed by atoms with Gasteiger partial charge in [-0.25, -0.2) is 0 Å². The largest absolute Gasteiger partial charge is 0.347 e. The van der Waals surface area contributed by atoms with E-state index in [0.29, 0.717) is 62.7 Å². The molecule has 4 aliphatic rings. The highest BCUT2D eigenvalue weighted by Gasteiger charge is 2.46. The van der Waals surface area contributed by atoms with Crippen LogP contribution in [0, 0.1) is 10.8 Å². The number of hydrogen-bond acceptors (Lipinski definition) is 10. The molecule has 7 rings (SSSR count). The van der Waals surface area contributed by atoms with E-state index in [-0.39, 0.29) is 35.4 Å². The molecule has 18 nitrogen and oxygen atoms in total. The molecule has 0 radical (unpaired) electrons. The van der Waals surface area contributed by atoms with E-state index in [1.807, 2.05) is 90.1 Å². The van der Waals surface area contributed by atoms with Crippen LogP contribution < -0.4 is 42.5 Å². The van der Waals surface area contributed by atoms with Crippen molar-refractivity contribution >= 4 is 47.3 Å². The second-order valence-electron chi connectivity index (χ2n) is 22.5. The standard InChI is InChI=1S/C56H76N10O8/c1-31(57-9)47(67)63-45(55(3,4)5)53(73)65-27-15-21-41(65)51(71)61-43-37-19-13-11-17-35(37)29-39(43)59-49(69)33-23-25-34(26-24-33)50(70)60-40-30-36-18-12-14-20-38(36)44(40)62-52(72)42-22-16-28-66(42)54(74)46(56(6,7)8)64-48(68)32(2)58-10/h11-14,17-20,23-26,31-32,39-46,57-58H,15-16,21-22,27-30H2,1-10H3,(H,59,69)(H,60,70)(H,61,71)(H,62,72)(H,63,67)(H,64,68)/t31-,32-,39-,40-,41-,42?,43-,44-,45+,46+/m0/s1. The second-order valence-corrected chi connectivity index (χ2v) is 22.5. The number of likely N-dealkylation sites (tertiary alicyclic amines) is 2. The molecule has 8 amide bonds. The molecule has 2 heterocycles. The lowest BCUT2D eigenvalue weighted by Crippen LogP contribution is -2.59. The van der Waals surface area contributed by atoms with Crippen LogP contribution in [0.25, 0.3) is 0 Å². The summed E-state index contributed by atoms with van der Waals surface area (Å²) in [5, 5.41) is 24.2. The average Bonchev–Trinajstić information content (AvgIpc) is 4.19. The Hall–Kier alpha value is -6.66. The fourth-order valence-corrected chi connectivity index (χ4v) is 10.6. The van der Waals surface area contributed by atoms with Crippen LogP contribution in [0.1, 0.15) is 136 Å². The lowest BCUT2D eigenvalue weighted by molar-refractivity contribution is -0.144. The molecule has 18 heteroatoms. The van der Waals surface area contributed by atoms with Crippen molar-refractivity contribution in [3.05, 3.63) is 106 Å². The molecular formula is C56H76N10O8. The number of rotatable bonds is 16. The lowest BCUT2D eigenvalue weighted by Gasteiger charge is -2.36. The van der Waals surface area contributed by atoms with Gasteiger partial charge in [0.15, 0.2) is 0 Å². The van der Waals surface area contributed by atoms with Crippen molar-refractivity contribution in [2.45, 2.75) is 154 Å². The van der Waals surface area contributed by atoms with Crippen LogP contribution in [0.2, 0.25) is 0 Å². The average molecular weight is 1020 g/mol. The minimum atomic E-state index is -0.864. The summed E-state index contributed by atoms with van der Waals surface area (Å²) in [6.45, 7) is 15.4. The Morgan fingerprint density at radius 3 is 1.20 bits per heavy atom. The van der Waals surface area contributed by atoms with Crippen LogP contribution in [0.15, 0.2) is 72.8 Å². The van der Waals surface area contributed by atoms with Crippen molar-refractivity contribution in [1.82, 2.24) is 52.3 Å². The predicted octanol–water partition coefficient (Wildman–Crippen LogP) is 2.97. The molecule has 3 aromatic rings. The highest BCUT2D eigenvalue weighted by molar-refractivity contribution is 5.99. The first-order valence-corrected chi connectivity index (χ1v) is 26.1. The molecule has 2 saturated heterocycles. The van der Waals surface area contributed by atoms with E-state index in [9.17, 15) is 38.4 Å². The molecule has 0 saturated carbocycles. The Bertz CT molecular complexity index is 2430. The van der Waals surface area contributed by atoms with Gasteiger partial charge in [0.05, 0.1) is 36.3 Å². The molecule has 3 aromatic carbocycles. The van der Waals surface area contributed by atoms with Gasteiger partial charge in [-0.1, -0.05) is 90.1 Å². The highest BCUT2D eigenvalue weighted by atomic mass is 16.2. The summed E-state index contributed by atoms with van der Waals surface area (Å²) in [5.74, 6) is -2.76. The van der Waals surface area contributed by atoms with Gasteiger partial charge >= 0.3 is 0 Å². The summed E-state index contributed by atoms with van der Waals surface area (Å²) in [4.78, 5) is 114. The molecule has 10 atom stereocenters. The van der Waals surface area contributed by atoms with Gasteiger partial charge in [0.25, 0.3) is 11.8 Å². The third kappa shape index (κ3) is 12.1. The van der Waals surface area contributed by atoms with Gasteiger partial charge in [0.2, 0.25) is 35.4 Å². The van der Waals surface area contributed by atoms with Crippen molar-refractivity contribution in [2.75, 3.05) is 27.2 Å². The Morgan fingerprint density at radius 1 is 0.514 bits per heavy atom. The lowest BCUT2D eigenvalue weighted by atomic mass is 9.85. The van der Waals surface area contributed by atoms with Crippen molar-refractivity contribution in [3.8, 4) is 0 Å². The Labute approximate surface area is 435 Å². The Morgan fingerprint density at radius 2 is 0.865 bits per heavy atom. The number of carbonyl (C=O) groups excluding carboxylic acids is 8. The predicted molar refractivity (Wildman–Crippen MR) is 280 cm³/mol. The van der Waals surface area contributed by atoms with Gasteiger partial charge in [0, 0.05) is 24.2 Å². The van der Waals surface area contributed by atoms with E-state index < -0.39 is 83.1 Å². The first-order chi connectivity index (χ1) is 35.0. The first kappa shape index (κ1) is 55.1. The number of nitrogens with zero attached hydrogens (tertiary/aromatic N) is 2. The van der Waals surface area contributed by atoms with Crippen LogP contribution in [0.4, 0.5) is 0 Å². The summed E-state index contributed by atoms with van der Waals surface area (Å²) >= 11 is 0. The third-order valence-electron chi connectivity index (χ3n) is 15.2. The molecule has 2 aliphatic carbocycles. The van der Waals surface area contributed by atoms with Crippen LogP contribution >= 0.6 is 0 Å². The van der Waals surface area contributed by atoms with Crippen LogP contribution in [0.3, 0.4) is 0 Å². The van der Waals surface area contributed by atoms with E-state index in [1.54, 1.807) is 62.0 Å². The Kier molecular flexibility index (Phi) is 17.0. The Balaban J connectivity index is 1.00. The minimum Gasteiger partial charge on any atom is -0.347 e. The number of amides is 8. The zero-order chi connectivity index (χ0) is 53.8. The molecule has 74 heavy (non-hydrogen) atoms. The summed E-state index contributed by atoms with van der Waals surface area (Å²) in [7, 11) is 3.34. The van der Waals surface area contributed by atoms with Gasteiger partial charge in [-0.15, -0.1) is 0 Å². The summed E-state index contributed by atoms with van der Waals surface area (Å²) in [6.07, 6.45) is 3.03. The number of carbonyl (C=O) groups is 8. The zero-order valence-electron chi connectivity index (χ0n) is 44.5. The van der Waals surface area contributed by atoms with Crippen molar-refractivity contribution in [1.29, 1.82) is 0 Å². The van der Waals surface area contributed by atoms with E-state index >= 15 is 0 Å². The minimum absolute atomic E-state index is 0.303. The van der Waals surface area contributed by atoms with Gasteiger partial charge in [-0.05, 0) is 124 Å². The SMILES string of the molecule is CN[C@@H](C)C(=O)N[C@H](C(=O)N1CCCC1C(=O)N[C@H]1c2ccccc2C[C@@H]1NC(=O)c1ccc(C(=O)N[C@H]2Cc3ccccc3[C@@H]2NC(=O)[C@@H]2CCCN2C(=O)[C@@H](NC(=O)[C@H](C)NC)C(C)(C)C)cc1)C(C)(C)C. The smallest absolute Gasteiger partial charge is 0.251 e. The van der Waals surface area contributed by atoms with Gasteiger partial charge in [-0.3, -0.25) is 38.4 Å². The quantitative estimate of drug-likeness (QED) is 0.104. The molecule has 0 aromatic heterocycles. The number of hydrogen-bond donors (Lipinski definition) is 8. The maximum atomic E-state index is 14.2. The maximum Gasteiger partial charge on any atom is 0.251 e. The molecule has 2 fully saturated rings. The summed E-state index contributed by atoms with van der Waals surface area (Å²) in [6, 6.07) is 15.1. The molecule has 8 N–H and O–H groups in total. The van der Waals surface area contributed by atoms with E-state index in [0.717, 1.165) is 22.3 Å². The molecule has 1 unspecified atom stereocenters. The molecular weight excluding hydrogens is 941 g/mol. The van der Waals surface area contributed by atoms with E-state index in [2.05, 4.69) is 42.5 Å². The van der Waals surface area contributed by atoms with Crippen molar-refractivity contribution < 1.29 is 38.4 Å². The van der Waals surface area contributed by atoms with Crippen LogP contribution in [0.5, 0.6) is 0 Å². The number of likely N-dealkylation sites (N-methyl/N-ethyl adjacent to an activating group) is 2. The fourth-order valence-electron chi connectivity index (χ4n) is 10.6. The number of benzene rings is 3. The second kappa shape index (κ2) is 22.8. The molecule has 0 spiro atoms. The summed E-state index contributed by atoms with van der Waals surface area (Å²) in [5.41, 5.74) is 3.00. The zero-order valence-corrected chi connectivity index (χ0v) is 44.5. The summed E-state index contributed by atoms with van der Waals surface area (Å²) < 4.78 is 0. The van der Waals surface area contributed by atoms with Gasteiger partial charge in [0.1, 0.15) is 24.2 Å². The maximum absolute atomic E-state index is 14.2. The highest BCUT2D eigenvalue weighted by Crippen LogP contribution is 2.35. The first-order valence-electron chi connectivity index (χ1n) is 26.1.